The first-order chi connectivity index (χ1) is 13.4. The minimum absolute atomic E-state index is 0.185. The average molecular weight is 456 g/mol. The molecule has 1 fully saturated rings. The summed E-state index contributed by atoms with van der Waals surface area (Å²) >= 11 is 13.5. The van der Waals surface area contributed by atoms with Crippen molar-refractivity contribution < 1.29 is 13.2 Å². The van der Waals surface area contributed by atoms with Crippen molar-refractivity contribution in [3.8, 4) is 0 Å². The molecule has 3 aromatic rings. The molecule has 10 heteroatoms. The second kappa shape index (κ2) is 7.61. The minimum atomic E-state index is -3.50. The van der Waals surface area contributed by atoms with Crippen LogP contribution in [0.15, 0.2) is 41.3 Å². The van der Waals surface area contributed by atoms with Crippen molar-refractivity contribution >= 4 is 65.8 Å². The molecular formula is C18H15Cl2N3O3S2. The number of anilines is 1. The summed E-state index contributed by atoms with van der Waals surface area (Å²) in [5.41, 5.74) is 0.860. The highest BCUT2D eigenvalue weighted by atomic mass is 35.5. The van der Waals surface area contributed by atoms with Crippen LogP contribution in [0.1, 0.15) is 23.2 Å². The molecule has 1 N–H and O–H groups in total. The molecule has 1 aromatic heterocycles. The zero-order valence-electron chi connectivity index (χ0n) is 14.5. The summed E-state index contributed by atoms with van der Waals surface area (Å²) < 4.78 is 27.3. The number of amides is 1. The minimum Gasteiger partial charge on any atom is -0.298 e. The Bertz CT molecular complexity index is 1120. The predicted molar refractivity (Wildman–Crippen MR) is 112 cm³/mol. The van der Waals surface area contributed by atoms with Gasteiger partial charge in [-0.25, -0.2) is 13.4 Å². The lowest BCUT2D eigenvalue weighted by Gasteiger charge is -2.15. The van der Waals surface area contributed by atoms with Crippen LogP contribution in [0, 0.1) is 0 Å². The van der Waals surface area contributed by atoms with Gasteiger partial charge in [-0.1, -0.05) is 34.5 Å². The van der Waals surface area contributed by atoms with E-state index in [0.29, 0.717) is 44.0 Å². The summed E-state index contributed by atoms with van der Waals surface area (Å²) in [5.74, 6) is -0.392. The predicted octanol–water partition coefficient (Wildman–Crippen LogP) is 4.64. The van der Waals surface area contributed by atoms with Crippen molar-refractivity contribution in [3.63, 3.8) is 0 Å². The van der Waals surface area contributed by atoms with E-state index in [9.17, 15) is 13.2 Å². The molecule has 4 rings (SSSR count). The largest absolute Gasteiger partial charge is 0.298 e. The first-order valence-electron chi connectivity index (χ1n) is 8.52. The number of hydrogen-bond donors (Lipinski definition) is 1. The van der Waals surface area contributed by atoms with Crippen molar-refractivity contribution in [2.75, 3.05) is 18.4 Å². The second-order valence-electron chi connectivity index (χ2n) is 6.32. The molecule has 0 unspecified atom stereocenters. The zero-order valence-corrected chi connectivity index (χ0v) is 17.6. The van der Waals surface area contributed by atoms with Gasteiger partial charge in [0.05, 0.1) is 19.6 Å². The van der Waals surface area contributed by atoms with Gasteiger partial charge >= 0.3 is 0 Å². The molecule has 1 amide bonds. The van der Waals surface area contributed by atoms with E-state index < -0.39 is 15.9 Å². The van der Waals surface area contributed by atoms with Gasteiger partial charge in [0.1, 0.15) is 5.52 Å². The summed E-state index contributed by atoms with van der Waals surface area (Å²) in [6.07, 6.45) is 1.74. The van der Waals surface area contributed by atoms with Crippen LogP contribution >= 0.6 is 34.5 Å². The first kappa shape index (κ1) is 19.6. The van der Waals surface area contributed by atoms with E-state index >= 15 is 0 Å². The van der Waals surface area contributed by atoms with Crippen LogP contribution in [0.3, 0.4) is 0 Å². The Morgan fingerprint density at radius 2 is 1.68 bits per heavy atom. The van der Waals surface area contributed by atoms with Gasteiger partial charge in [0.2, 0.25) is 10.0 Å². The molecule has 0 radical (unpaired) electrons. The highest BCUT2D eigenvalue weighted by molar-refractivity contribution is 7.89. The number of fused-ring (bicyclic) bond motifs is 1. The summed E-state index contributed by atoms with van der Waals surface area (Å²) in [6, 6.07) is 9.22. The Kier molecular flexibility index (Phi) is 5.32. The van der Waals surface area contributed by atoms with Crippen LogP contribution in [0.2, 0.25) is 10.0 Å². The molecule has 1 aliphatic rings. The number of benzene rings is 2. The number of nitrogens with zero attached hydrogens (tertiary/aromatic N) is 2. The molecule has 2 heterocycles. The van der Waals surface area contributed by atoms with Gasteiger partial charge in [-0.15, -0.1) is 0 Å². The normalized spacial score (nSPS) is 15.2. The molecule has 6 nitrogen and oxygen atoms in total. The van der Waals surface area contributed by atoms with Gasteiger partial charge in [0.25, 0.3) is 5.91 Å². The highest BCUT2D eigenvalue weighted by Gasteiger charge is 2.27. The van der Waals surface area contributed by atoms with Gasteiger partial charge in [-0.05, 0) is 49.2 Å². The molecule has 0 bridgehead atoms. The molecule has 0 aliphatic carbocycles. The average Bonchev–Trinajstić information content (AvgIpc) is 3.36. The topological polar surface area (TPSA) is 79.4 Å². The van der Waals surface area contributed by atoms with E-state index in [4.69, 9.17) is 23.2 Å². The molecule has 2 aromatic carbocycles. The maximum absolute atomic E-state index is 12.6. The molecule has 0 saturated carbocycles. The number of hydrogen-bond acceptors (Lipinski definition) is 5. The van der Waals surface area contributed by atoms with Gasteiger partial charge in [-0.3, -0.25) is 10.1 Å². The van der Waals surface area contributed by atoms with Crippen LogP contribution < -0.4 is 5.32 Å². The number of thiazole rings is 1. The maximum Gasteiger partial charge on any atom is 0.257 e. The Morgan fingerprint density at radius 1 is 1.04 bits per heavy atom. The number of sulfonamides is 1. The lowest BCUT2D eigenvalue weighted by Crippen LogP contribution is -2.27. The van der Waals surface area contributed by atoms with Crippen LogP contribution in [0.5, 0.6) is 0 Å². The molecule has 1 aliphatic heterocycles. The van der Waals surface area contributed by atoms with Gasteiger partial charge in [0.15, 0.2) is 5.13 Å². The summed E-state index contributed by atoms with van der Waals surface area (Å²) in [4.78, 5) is 17.0. The van der Waals surface area contributed by atoms with Crippen molar-refractivity contribution in [2.24, 2.45) is 0 Å². The first-order valence-corrected chi connectivity index (χ1v) is 11.5. The molecule has 0 spiro atoms. The Labute approximate surface area is 176 Å². The number of carbonyl (C=O) groups is 1. The van der Waals surface area contributed by atoms with E-state index in [1.807, 2.05) is 0 Å². The van der Waals surface area contributed by atoms with E-state index in [1.54, 1.807) is 12.1 Å². The van der Waals surface area contributed by atoms with Crippen molar-refractivity contribution in [1.82, 2.24) is 9.29 Å². The highest BCUT2D eigenvalue weighted by Crippen LogP contribution is 2.36. The second-order valence-corrected chi connectivity index (χ2v) is 10.1. The third kappa shape index (κ3) is 3.62. The summed E-state index contributed by atoms with van der Waals surface area (Å²) in [7, 11) is -3.50. The number of carbonyl (C=O) groups excluding carboxylic acids is 1. The quantitative estimate of drug-likeness (QED) is 0.621. The fourth-order valence-corrected chi connectivity index (χ4v) is 5.96. The Balaban J connectivity index is 1.54. The van der Waals surface area contributed by atoms with Crippen LogP contribution in [-0.4, -0.2) is 36.7 Å². The van der Waals surface area contributed by atoms with Crippen LogP contribution in [0.4, 0.5) is 5.13 Å². The Morgan fingerprint density at radius 3 is 2.32 bits per heavy atom. The standard InChI is InChI=1S/C18H15Cl2N3O3S2/c19-13-7-8-14(20)16-15(13)21-18(27-16)22-17(24)11-3-5-12(6-4-11)28(25,26)23-9-1-2-10-23/h3-8H,1-2,9-10H2,(H,21,22,24). The molecular weight excluding hydrogens is 441 g/mol. The maximum atomic E-state index is 12.6. The third-order valence-electron chi connectivity index (χ3n) is 4.49. The lowest BCUT2D eigenvalue weighted by molar-refractivity contribution is 0.102. The number of halogens is 2. The van der Waals surface area contributed by atoms with Crippen molar-refractivity contribution in [3.05, 3.63) is 52.0 Å². The monoisotopic (exact) mass is 455 g/mol. The smallest absolute Gasteiger partial charge is 0.257 e. The third-order valence-corrected chi connectivity index (χ3v) is 8.14. The van der Waals surface area contributed by atoms with Crippen LogP contribution in [-0.2, 0) is 10.0 Å². The number of aromatic nitrogens is 1. The fraction of sp³-hybridized carbons (Fsp3) is 0.222. The summed E-state index contributed by atoms with van der Waals surface area (Å²) in [6.45, 7) is 1.07. The fourth-order valence-electron chi connectivity index (χ4n) is 3.02. The van der Waals surface area contributed by atoms with E-state index in [2.05, 4.69) is 10.3 Å². The lowest BCUT2D eigenvalue weighted by atomic mass is 10.2. The summed E-state index contributed by atoms with van der Waals surface area (Å²) in [5, 5.41) is 4.03. The van der Waals surface area contributed by atoms with Gasteiger partial charge < -0.3 is 0 Å². The SMILES string of the molecule is O=C(Nc1nc2c(Cl)ccc(Cl)c2s1)c1ccc(S(=O)(=O)N2CCCC2)cc1. The molecule has 146 valence electrons. The van der Waals surface area contributed by atoms with Crippen LogP contribution in [0.25, 0.3) is 10.2 Å². The van der Waals surface area contributed by atoms with Crippen molar-refractivity contribution in [2.45, 2.75) is 17.7 Å². The van der Waals surface area contributed by atoms with E-state index in [1.165, 1.54) is 39.9 Å². The van der Waals surface area contributed by atoms with Gasteiger partial charge in [0, 0.05) is 18.7 Å². The van der Waals surface area contributed by atoms with E-state index in [-0.39, 0.29) is 4.90 Å². The number of rotatable bonds is 4. The van der Waals surface area contributed by atoms with E-state index in [0.717, 1.165) is 12.8 Å². The molecule has 1 saturated heterocycles. The Hall–Kier alpha value is -1.71. The molecule has 28 heavy (non-hydrogen) atoms. The molecule has 0 atom stereocenters. The number of nitrogens with one attached hydrogen (secondary N) is 1. The van der Waals surface area contributed by atoms with Gasteiger partial charge in [-0.2, -0.15) is 4.31 Å². The zero-order chi connectivity index (χ0) is 19.9. The van der Waals surface area contributed by atoms with Crippen molar-refractivity contribution in [1.29, 1.82) is 0 Å².